The van der Waals surface area contributed by atoms with Crippen molar-refractivity contribution in [2.75, 3.05) is 13.2 Å². The van der Waals surface area contributed by atoms with E-state index in [9.17, 15) is 0 Å². The molecule has 90 valence electrons. The van der Waals surface area contributed by atoms with Crippen LogP contribution in [0.25, 0.3) is 0 Å². The van der Waals surface area contributed by atoms with E-state index in [4.69, 9.17) is 4.74 Å². The van der Waals surface area contributed by atoms with Gasteiger partial charge in [-0.15, -0.1) is 5.10 Å². The lowest BCUT2D eigenvalue weighted by Gasteiger charge is -2.06. The summed E-state index contributed by atoms with van der Waals surface area (Å²) in [7, 11) is 0. The molecule has 1 aliphatic rings. The van der Waals surface area contributed by atoms with E-state index >= 15 is 0 Å². The Morgan fingerprint density at radius 3 is 3.19 bits per heavy atom. The first kappa shape index (κ1) is 11.5. The Morgan fingerprint density at radius 1 is 1.62 bits per heavy atom. The Labute approximate surface area is 96.2 Å². The van der Waals surface area contributed by atoms with E-state index in [-0.39, 0.29) is 0 Å². The van der Waals surface area contributed by atoms with Crippen molar-refractivity contribution in [3.05, 3.63) is 11.9 Å². The second-order valence-electron chi connectivity index (χ2n) is 4.70. The van der Waals surface area contributed by atoms with Gasteiger partial charge in [0.25, 0.3) is 0 Å². The molecule has 2 rings (SSSR count). The maximum atomic E-state index is 5.34. The first-order chi connectivity index (χ1) is 7.74. The van der Waals surface area contributed by atoms with Gasteiger partial charge < -0.3 is 10.1 Å². The predicted molar refractivity (Wildman–Crippen MR) is 60.9 cm³/mol. The van der Waals surface area contributed by atoms with E-state index in [1.165, 1.54) is 0 Å². The molecule has 0 radical (unpaired) electrons. The predicted octanol–water partition coefficient (Wildman–Crippen LogP) is 0.813. The van der Waals surface area contributed by atoms with Crippen LogP contribution in [0.4, 0.5) is 0 Å². The second-order valence-corrected chi connectivity index (χ2v) is 4.70. The molecule has 0 saturated carbocycles. The van der Waals surface area contributed by atoms with Crippen LogP contribution in [0.1, 0.15) is 26.0 Å². The molecular formula is C11H20N4O. The minimum atomic E-state index is 0.480. The van der Waals surface area contributed by atoms with Crippen molar-refractivity contribution in [2.24, 2.45) is 5.92 Å². The molecule has 1 saturated heterocycles. The van der Waals surface area contributed by atoms with Crippen LogP contribution in [0, 0.1) is 5.92 Å². The quantitative estimate of drug-likeness (QED) is 0.804. The van der Waals surface area contributed by atoms with Crippen molar-refractivity contribution in [1.82, 2.24) is 20.3 Å². The maximum absolute atomic E-state index is 5.34. The van der Waals surface area contributed by atoms with Gasteiger partial charge in [-0.3, -0.25) is 4.68 Å². The highest BCUT2D eigenvalue weighted by atomic mass is 16.5. The summed E-state index contributed by atoms with van der Waals surface area (Å²) in [5, 5.41) is 11.6. The highest BCUT2D eigenvalue weighted by molar-refractivity contribution is 4.92. The van der Waals surface area contributed by atoms with Crippen molar-refractivity contribution in [3.63, 3.8) is 0 Å². The number of hydrogen-bond acceptors (Lipinski definition) is 4. The van der Waals surface area contributed by atoms with Gasteiger partial charge in [-0.25, -0.2) is 0 Å². The zero-order valence-electron chi connectivity index (χ0n) is 10.0. The molecule has 1 aromatic rings. The van der Waals surface area contributed by atoms with Crippen LogP contribution in [0.15, 0.2) is 6.20 Å². The molecule has 2 heterocycles. The smallest absolute Gasteiger partial charge is 0.0964 e. The van der Waals surface area contributed by atoms with E-state index in [0.717, 1.165) is 38.4 Å². The van der Waals surface area contributed by atoms with Gasteiger partial charge in [0, 0.05) is 37.9 Å². The average Bonchev–Trinajstić information content (AvgIpc) is 2.87. The van der Waals surface area contributed by atoms with Crippen molar-refractivity contribution < 1.29 is 4.74 Å². The lowest BCUT2D eigenvalue weighted by molar-refractivity contribution is 0.181. The Morgan fingerprint density at radius 2 is 2.50 bits per heavy atom. The summed E-state index contributed by atoms with van der Waals surface area (Å²) in [4.78, 5) is 0. The van der Waals surface area contributed by atoms with Gasteiger partial charge in [0.2, 0.25) is 0 Å². The minimum absolute atomic E-state index is 0.480. The molecule has 16 heavy (non-hydrogen) atoms. The number of nitrogens with one attached hydrogen (secondary N) is 1. The van der Waals surface area contributed by atoms with E-state index < -0.39 is 0 Å². The fourth-order valence-electron chi connectivity index (χ4n) is 1.81. The summed E-state index contributed by atoms with van der Waals surface area (Å²) < 4.78 is 7.27. The molecule has 1 aliphatic heterocycles. The lowest BCUT2D eigenvalue weighted by Crippen LogP contribution is -2.22. The molecule has 1 aromatic heterocycles. The number of hydrogen-bond donors (Lipinski definition) is 1. The Balaban J connectivity index is 1.81. The lowest BCUT2D eigenvalue weighted by atomic mass is 10.1. The van der Waals surface area contributed by atoms with Gasteiger partial charge in [0.1, 0.15) is 0 Å². The van der Waals surface area contributed by atoms with Gasteiger partial charge in [-0.2, -0.15) is 0 Å². The monoisotopic (exact) mass is 224 g/mol. The number of ether oxygens (including phenoxy) is 1. The van der Waals surface area contributed by atoms with E-state index in [1.54, 1.807) is 0 Å². The van der Waals surface area contributed by atoms with Crippen molar-refractivity contribution in [2.45, 2.75) is 39.4 Å². The van der Waals surface area contributed by atoms with Crippen molar-refractivity contribution >= 4 is 0 Å². The van der Waals surface area contributed by atoms with E-state index in [2.05, 4.69) is 29.5 Å². The summed E-state index contributed by atoms with van der Waals surface area (Å²) in [6, 6.07) is 0.480. The van der Waals surface area contributed by atoms with E-state index in [0.29, 0.717) is 12.0 Å². The Hall–Kier alpha value is -0.940. The van der Waals surface area contributed by atoms with Gasteiger partial charge in [0.15, 0.2) is 0 Å². The Bertz CT molecular complexity index is 318. The molecule has 1 fully saturated rings. The van der Waals surface area contributed by atoms with Crippen LogP contribution in [0.2, 0.25) is 0 Å². The zero-order chi connectivity index (χ0) is 11.4. The highest BCUT2D eigenvalue weighted by Crippen LogP contribution is 2.14. The molecule has 1 atom stereocenters. The van der Waals surface area contributed by atoms with Crippen LogP contribution in [-0.2, 0) is 17.8 Å². The van der Waals surface area contributed by atoms with Gasteiger partial charge >= 0.3 is 0 Å². The van der Waals surface area contributed by atoms with Gasteiger partial charge in [-0.1, -0.05) is 19.1 Å². The number of nitrogens with zero attached hydrogens (tertiary/aromatic N) is 3. The molecule has 0 spiro atoms. The molecule has 1 unspecified atom stereocenters. The maximum Gasteiger partial charge on any atom is 0.0964 e. The van der Waals surface area contributed by atoms with Crippen LogP contribution >= 0.6 is 0 Å². The summed E-state index contributed by atoms with van der Waals surface area (Å²) in [6.45, 7) is 7.72. The fourth-order valence-corrected chi connectivity index (χ4v) is 1.81. The topological polar surface area (TPSA) is 52.0 Å². The largest absolute Gasteiger partial charge is 0.381 e. The average molecular weight is 224 g/mol. The molecule has 5 heteroatoms. The Kier molecular flexibility index (Phi) is 3.90. The van der Waals surface area contributed by atoms with Crippen LogP contribution in [0.5, 0.6) is 0 Å². The highest BCUT2D eigenvalue weighted by Gasteiger charge is 2.16. The molecule has 0 amide bonds. The fraction of sp³-hybridized carbons (Fsp3) is 0.818. The summed E-state index contributed by atoms with van der Waals surface area (Å²) in [5.74, 6) is 0.604. The first-order valence-corrected chi connectivity index (χ1v) is 5.94. The van der Waals surface area contributed by atoms with E-state index in [1.807, 2.05) is 10.9 Å². The van der Waals surface area contributed by atoms with Gasteiger partial charge in [-0.05, 0) is 6.42 Å². The van der Waals surface area contributed by atoms with Gasteiger partial charge in [0.05, 0.1) is 12.3 Å². The summed E-state index contributed by atoms with van der Waals surface area (Å²) in [6.07, 6.45) is 3.16. The number of aromatic nitrogens is 3. The molecule has 0 bridgehead atoms. The molecular weight excluding hydrogens is 204 g/mol. The summed E-state index contributed by atoms with van der Waals surface area (Å²) in [5.41, 5.74) is 1.01. The second kappa shape index (κ2) is 5.41. The third-order valence-corrected chi connectivity index (χ3v) is 2.75. The van der Waals surface area contributed by atoms with Crippen LogP contribution < -0.4 is 5.32 Å². The minimum Gasteiger partial charge on any atom is -0.381 e. The van der Waals surface area contributed by atoms with Crippen molar-refractivity contribution in [1.29, 1.82) is 0 Å². The third-order valence-electron chi connectivity index (χ3n) is 2.75. The summed E-state index contributed by atoms with van der Waals surface area (Å²) >= 11 is 0. The molecule has 0 aromatic carbocycles. The van der Waals surface area contributed by atoms with Crippen LogP contribution in [0.3, 0.4) is 0 Å². The normalized spacial score (nSPS) is 20.8. The zero-order valence-corrected chi connectivity index (χ0v) is 10.0. The molecule has 1 N–H and O–H groups in total. The third kappa shape index (κ3) is 3.28. The van der Waals surface area contributed by atoms with Crippen molar-refractivity contribution in [3.8, 4) is 0 Å². The molecule has 5 nitrogen and oxygen atoms in total. The molecule has 0 aliphatic carbocycles. The first-order valence-electron chi connectivity index (χ1n) is 5.94. The standard InChI is InChI=1S/C11H20N4O/c1-9(2)12-5-11-7-15(14-13-11)6-10-3-4-16-8-10/h7,9-10,12H,3-6,8H2,1-2H3. The SMILES string of the molecule is CC(C)NCc1cn(CC2CCOC2)nn1. The van der Waals surface area contributed by atoms with Crippen LogP contribution in [-0.4, -0.2) is 34.2 Å². The number of rotatable bonds is 5.